The lowest BCUT2D eigenvalue weighted by Gasteiger charge is -2.11. The summed E-state index contributed by atoms with van der Waals surface area (Å²) in [6.07, 6.45) is 3.62. The molecule has 124 valence electrons. The van der Waals surface area contributed by atoms with E-state index in [9.17, 15) is 9.59 Å². The number of carbonyl (C=O) groups is 2. The van der Waals surface area contributed by atoms with Gasteiger partial charge in [0.15, 0.2) is 0 Å². The van der Waals surface area contributed by atoms with Gasteiger partial charge < -0.3 is 20.7 Å². The van der Waals surface area contributed by atoms with E-state index in [-0.39, 0.29) is 6.03 Å². The molecule has 2 amide bonds. The maximum Gasteiger partial charge on any atom is 0.339 e. The molecule has 0 saturated heterocycles. The van der Waals surface area contributed by atoms with Crippen molar-refractivity contribution in [1.82, 2.24) is 10.3 Å². The summed E-state index contributed by atoms with van der Waals surface area (Å²) in [4.78, 5) is 27.7. The van der Waals surface area contributed by atoms with Crippen molar-refractivity contribution in [1.29, 1.82) is 0 Å². The SMILES string of the molecule is COC(=O)c1ccccc1Nc1ccc(NC(=O)NC2CC2)cn1. The van der Waals surface area contributed by atoms with Gasteiger partial charge in [0.05, 0.1) is 30.2 Å². The zero-order valence-electron chi connectivity index (χ0n) is 13.2. The Morgan fingerprint density at radius 3 is 2.62 bits per heavy atom. The van der Waals surface area contributed by atoms with Gasteiger partial charge in [-0.1, -0.05) is 12.1 Å². The molecule has 7 heteroatoms. The third-order valence-corrected chi connectivity index (χ3v) is 3.53. The molecule has 1 saturated carbocycles. The van der Waals surface area contributed by atoms with E-state index in [4.69, 9.17) is 4.74 Å². The first-order chi connectivity index (χ1) is 11.7. The van der Waals surface area contributed by atoms with E-state index in [2.05, 4.69) is 20.9 Å². The van der Waals surface area contributed by atoms with Crippen LogP contribution in [0.25, 0.3) is 0 Å². The van der Waals surface area contributed by atoms with E-state index in [1.165, 1.54) is 7.11 Å². The van der Waals surface area contributed by atoms with E-state index >= 15 is 0 Å². The van der Waals surface area contributed by atoms with E-state index in [1.807, 2.05) is 6.07 Å². The van der Waals surface area contributed by atoms with Gasteiger partial charge in [-0.05, 0) is 37.1 Å². The summed E-state index contributed by atoms with van der Waals surface area (Å²) in [6.45, 7) is 0. The number of rotatable bonds is 5. The number of para-hydroxylation sites is 1. The summed E-state index contributed by atoms with van der Waals surface area (Å²) in [7, 11) is 1.34. The van der Waals surface area contributed by atoms with Gasteiger partial charge in [0.25, 0.3) is 0 Å². The topological polar surface area (TPSA) is 92.4 Å². The van der Waals surface area contributed by atoms with Crippen LogP contribution < -0.4 is 16.0 Å². The number of esters is 1. The number of methoxy groups -OCH3 is 1. The number of nitrogens with one attached hydrogen (secondary N) is 3. The minimum absolute atomic E-state index is 0.226. The van der Waals surface area contributed by atoms with Crippen molar-refractivity contribution >= 4 is 29.2 Å². The van der Waals surface area contributed by atoms with Crippen molar-refractivity contribution in [2.45, 2.75) is 18.9 Å². The van der Waals surface area contributed by atoms with Gasteiger partial charge in [0.2, 0.25) is 0 Å². The molecule has 1 heterocycles. The zero-order valence-corrected chi connectivity index (χ0v) is 13.2. The third kappa shape index (κ3) is 4.01. The Morgan fingerprint density at radius 2 is 1.96 bits per heavy atom. The molecule has 2 aromatic rings. The summed E-state index contributed by atoms with van der Waals surface area (Å²) in [5.41, 5.74) is 1.62. The van der Waals surface area contributed by atoms with Crippen LogP contribution in [0.15, 0.2) is 42.6 Å². The molecule has 3 rings (SSSR count). The first-order valence-electron chi connectivity index (χ1n) is 7.63. The van der Waals surface area contributed by atoms with Gasteiger partial charge >= 0.3 is 12.0 Å². The first kappa shape index (κ1) is 15.8. The quantitative estimate of drug-likeness (QED) is 0.735. The number of hydrogen-bond acceptors (Lipinski definition) is 5. The number of ether oxygens (including phenoxy) is 1. The second-order valence-corrected chi connectivity index (χ2v) is 5.47. The van der Waals surface area contributed by atoms with Crippen LogP contribution in [0.3, 0.4) is 0 Å². The molecule has 1 fully saturated rings. The van der Waals surface area contributed by atoms with Crippen molar-refractivity contribution in [2.75, 3.05) is 17.7 Å². The van der Waals surface area contributed by atoms with Gasteiger partial charge in [0, 0.05) is 6.04 Å². The highest BCUT2D eigenvalue weighted by Crippen LogP contribution is 2.21. The van der Waals surface area contributed by atoms with Crippen LogP contribution in [0.5, 0.6) is 0 Å². The fraction of sp³-hybridized carbons (Fsp3) is 0.235. The van der Waals surface area contributed by atoms with Crippen molar-refractivity contribution in [3.8, 4) is 0 Å². The molecule has 0 spiro atoms. The number of anilines is 3. The second-order valence-electron chi connectivity index (χ2n) is 5.47. The molecule has 0 unspecified atom stereocenters. The van der Waals surface area contributed by atoms with Crippen LogP contribution in [0.1, 0.15) is 23.2 Å². The van der Waals surface area contributed by atoms with Crippen LogP contribution in [0.4, 0.5) is 22.0 Å². The molecule has 0 aliphatic heterocycles. The van der Waals surface area contributed by atoms with Crippen LogP contribution in [-0.2, 0) is 4.74 Å². The number of amides is 2. The lowest BCUT2D eigenvalue weighted by atomic mass is 10.2. The average molecular weight is 326 g/mol. The summed E-state index contributed by atoms with van der Waals surface area (Å²) in [6, 6.07) is 10.5. The predicted molar refractivity (Wildman–Crippen MR) is 90.5 cm³/mol. The Kier molecular flexibility index (Phi) is 4.60. The smallest absolute Gasteiger partial charge is 0.339 e. The highest BCUT2D eigenvalue weighted by Gasteiger charge is 2.23. The maximum atomic E-state index is 11.8. The van der Waals surface area contributed by atoms with Crippen molar-refractivity contribution in [2.24, 2.45) is 0 Å². The minimum atomic E-state index is -0.423. The van der Waals surface area contributed by atoms with Crippen LogP contribution in [0, 0.1) is 0 Å². The highest BCUT2D eigenvalue weighted by atomic mass is 16.5. The van der Waals surface area contributed by atoms with Crippen LogP contribution >= 0.6 is 0 Å². The number of pyridine rings is 1. The van der Waals surface area contributed by atoms with Crippen molar-refractivity contribution < 1.29 is 14.3 Å². The average Bonchev–Trinajstić information content (AvgIpc) is 3.40. The van der Waals surface area contributed by atoms with E-state index < -0.39 is 5.97 Å². The van der Waals surface area contributed by atoms with Gasteiger partial charge in [0.1, 0.15) is 5.82 Å². The summed E-state index contributed by atoms with van der Waals surface area (Å²) in [5, 5.41) is 8.64. The standard InChI is InChI=1S/C17H18N4O3/c1-24-16(22)13-4-2-3-5-14(13)21-15-9-8-12(10-18-15)20-17(23)19-11-6-7-11/h2-5,8-11H,6-7H2,1H3,(H,18,21)(H2,19,20,23). The monoisotopic (exact) mass is 326 g/mol. The van der Waals surface area contributed by atoms with Gasteiger partial charge in [-0.2, -0.15) is 0 Å². The Hall–Kier alpha value is -3.09. The molecule has 7 nitrogen and oxygen atoms in total. The number of carbonyl (C=O) groups excluding carboxylic acids is 2. The molecule has 1 aliphatic carbocycles. The molecule has 1 aromatic carbocycles. The molecule has 0 bridgehead atoms. The second kappa shape index (κ2) is 6.99. The summed E-state index contributed by atoms with van der Waals surface area (Å²) in [5.74, 6) is 0.132. The Bertz CT molecular complexity index is 742. The maximum absolute atomic E-state index is 11.8. The lowest BCUT2D eigenvalue weighted by molar-refractivity contribution is 0.0602. The van der Waals surface area contributed by atoms with Crippen LogP contribution in [0.2, 0.25) is 0 Å². The molecular weight excluding hydrogens is 308 g/mol. The molecule has 0 atom stereocenters. The van der Waals surface area contributed by atoms with Gasteiger partial charge in [-0.3, -0.25) is 0 Å². The van der Waals surface area contributed by atoms with Crippen LogP contribution in [-0.4, -0.2) is 30.1 Å². The van der Waals surface area contributed by atoms with Crippen molar-refractivity contribution in [3.05, 3.63) is 48.2 Å². The Labute approximate surface area is 139 Å². The molecule has 1 aliphatic rings. The fourth-order valence-electron chi connectivity index (χ4n) is 2.14. The molecular formula is C17H18N4O3. The Morgan fingerprint density at radius 1 is 1.17 bits per heavy atom. The van der Waals surface area contributed by atoms with E-state index in [0.29, 0.717) is 28.8 Å². The predicted octanol–water partition coefficient (Wildman–Crippen LogP) is 2.90. The first-order valence-corrected chi connectivity index (χ1v) is 7.63. The minimum Gasteiger partial charge on any atom is -0.465 e. The van der Waals surface area contributed by atoms with E-state index in [0.717, 1.165) is 12.8 Å². The number of nitrogens with zero attached hydrogens (tertiary/aromatic N) is 1. The van der Waals surface area contributed by atoms with Gasteiger partial charge in [-0.15, -0.1) is 0 Å². The molecule has 3 N–H and O–H groups in total. The van der Waals surface area contributed by atoms with Crippen molar-refractivity contribution in [3.63, 3.8) is 0 Å². The molecule has 0 radical (unpaired) electrons. The number of hydrogen-bond donors (Lipinski definition) is 3. The third-order valence-electron chi connectivity index (χ3n) is 3.53. The fourth-order valence-corrected chi connectivity index (χ4v) is 2.14. The number of aromatic nitrogens is 1. The summed E-state index contributed by atoms with van der Waals surface area (Å²) >= 11 is 0. The van der Waals surface area contributed by atoms with E-state index in [1.54, 1.807) is 36.5 Å². The number of urea groups is 1. The number of benzene rings is 1. The molecule has 24 heavy (non-hydrogen) atoms. The normalized spacial score (nSPS) is 13.0. The lowest BCUT2D eigenvalue weighted by Crippen LogP contribution is -2.30. The molecule has 1 aromatic heterocycles. The zero-order chi connectivity index (χ0) is 16.9. The summed E-state index contributed by atoms with van der Waals surface area (Å²) < 4.78 is 4.76. The highest BCUT2D eigenvalue weighted by molar-refractivity contribution is 5.96. The Balaban J connectivity index is 1.66. The largest absolute Gasteiger partial charge is 0.465 e. The van der Waals surface area contributed by atoms with Gasteiger partial charge in [-0.25, -0.2) is 14.6 Å².